The van der Waals surface area contributed by atoms with Gasteiger partial charge in [0.15, 0.2) is 0 Å². The van der Waals surface area contributed by atoms with Crippen molar-refractivity contribution in [2.75, 3.05) is 0 Å². The van der Waals surface area contributed by atoms with Gasteiger partial charge in [0.05, 0.1) is 5.03 Å². The maximum absolute atomic E-state index is 11.7. The molecule has 0 aliphatic rings. The maximum atomic E-state index is 11.7. The van der Waals surface area contributed by atoms with E-state index in [0.29, 0.717) is 19.3 Å². The first-order valence-electron chi connectivity index (χ1n) is 6.85. The number of terminal acetylenes is 1. The Morgan fingerprint density at radius 3 is 2.57 bits per heavy atom. The van der Waals surface area contributed by atoms with E-state index in [1.165, 1.54) is 5.56 Å². The van der Waals surface area contributed by atoms with Crippen molar-refractivity contribution in [3.05, 3.63) is 59.8 Å². The van der Waals surface area contributed by atoms with E-state index in [0.717, 1.165) is 16.3 Å². The minimum absolute atomic E-state index is 0.198. The Morgan fingerprint density at radius 2 is 1.90 bits per heavy atom. The topological polar surface area (TPSA) is 30.0 Å². The molecular weight excluding hydrogens is 278 g/mol. The van der Waals surface area contributed by atoms with E-state index < -0.39 is 0 Å². The average Bonchev–Trinajstić information content (AvgIpc) is 2.53. The molecule has 1 aromatic carbocycles. The highest BCUT2D eigenvalue weighted by molar-refractivity contribution is 7.98. The SMILES string of the molecule is C#CCCC(=O)Cc1ccc(CSc2ccccn2)cc1. The van der Waals surface area contributed by atoms with Gasteiger partial charge >= 0.3 is 0 Å². The normalized spacial score (nSPS) is 10.0. The zero-order valence-electron chi connectivity index (χ0n) is 11.8. The van der Waals surface area contributed by atoms with Gasteiger partial charge in [-0.1, -0.05) is 30.3 Å². The third kappa shape index (κ3) is 5.45. The Labute approximate surface area is 130 Å². The lowest BCUT2D eigenvalue weighted by Gasteiger charge is -2.04. The number of carbonyl (C=O) groups is 1. The van der Waals surface area contributed by atoms with Gasteiger partial charge in [0.1, 0.15) is 5.78 Å². The molecule has 0 saturated carbocycles. The third-order valence-electron chi connectivity index (χ3n) is 3.00. The van der Waals surface area contributed by atoms with Gasteiger partial charge in [-0.15, -0.1) is 24.1 Å². The highest BCUT2D eigenvalue weighted by Crippen LogP contribution is 2.20. The number of hydrogen-bond donors (Lipinski definition) is 0. The van der Waals surface area contributed by atoms with Crippen molar-refractivity contribution in [2.45, 2.75) is 30.0 Å². The van der Waals surface area contributed by atoms with Crippen LogP contribution in [0.4, 0.5) is 0 Å². The van der Waals surface area contributed by atoms with Crippen molar-refractivity contribution >= 4 is 17.5 Å². The first-order valence-corrected chi connectivity index (χ1v) is 7.83. The molecule has 0 N–H and O–H groups in total. The van der Waals surface area contributed by atoms with Crippen LogP contribution in [-0.4, -0.2) is 10.8 Å². The van der Waals surface area contributed by atoms with Crippen LogP contribution in [0.15, 0.2) is 53.7 Å². The number of hydrogen-bond acceptors (Lipinski definition) is 3. The molecule has 0 amide bonds. The number of carbonyl (C=O) groups excluding carboxylic acids is 1. The van der Waals surface area contributed by atoms with Gasteiger partial charge in [-0.3, -0.25) is 4.79 Å². The van der Waals surface area contributed by atoms with Gasteiger partial charge in [0.2, 0.25) is 0 Å². The van der Waals surface area contributed by atoms with Crippen LogP contribution in [0, 0.1) is 12.3 Å². The molecule has 3 heteroatoms. The highest BCUT2D eigenvalue weighted by atomic mass is 32.2. The van der Waals surface area contributed by atoms with E-state index in [2.05, 4.69) is 23.0 Å². The molecule has 2 rings (SSSR count). The molecule has 0 spiro atoms. The smallest absolute Gasteiger partial charge is 0.138 e. The average molecular weight is 295 g/mol. The zero-order valence-corrected chi connectivity index (χ0v) is 12.6. The van der Waals surface area contributed by atoms with Crippen LogP contribution in [0.3, 0.4) is 0 Å². The van der Waals surface area contributed by atoms with E-state index in [4.69, 9.17) is 6.42 Å². The zero-order chi connectivity index (χ0) is 14.9. The van der Waals surface area contributed by atoms with Crippen LogP contribution in [0.1, 0.15) is 24.0 Å². The van der Waals surface area contributed by atoms with Gasteiger partial charge in [-0.25, -0.2) is 4.98 Å². The predicted octanol–water partition coefficient (Wildman–Crippen LogP) is 3.90. The fourth-order valence-electron chi connectivity index (χ4n) is 1.87. The van der Waals surface area contributed by atoms with Crippen molar-refractivity contribution in [3.8, 4) is 12.3 Å². The number of pyridine rings is 1. The number of aromatic nitrogens is 1. The quantitative estimate of drug-likeness (QED) is 0.573. The number of rotatable bonds is 7. The lowest BCUT2D eigenvalue weighted by Crippen LogP contribution is -2.01. The molecule has 0 bridgehead atoms. The van der Waals surface area contributed by atoms with Crippen LogP contribution in [0.2, 0.25) is 0 Å². The summed E-state index contributed by atoms with van der Waals surface area (Å²) in [6, 6.07) is 14.1. The molecule has 0 unspecified atom stereocenters. The second kappa shape index (κ2) is 8.28. The van der Waals surface area contributed by atoms with Gasteiger partial charge in [-0.2, -0.15) is 0 Å². The molecule has 106 valence electrons. The lowest BCUT2D eigenvalue weighted by molar-refractivity contribution is -0.118. The summed E-state index contributed by atoms with van der Waals surface area (Å²) in [5.74, 6) is 3.57. The number of nitrogens with zero attached hydrogens (tertiary/aromatic N) is 1. The number of ketones is 1. The van der Waals surface area contributed by atoms with Crippen LogP contribution < -0.4 is 0 Å². The van der Waals surface area contributed by atoms with Gasteiger partial charge in [-0.05, 0) is 23.3 Å². The monoisotopic (exact) mass is 295 g/mol. The molecular formula is C18H17NOS. The van der Waals surface area contributed by atoms with Gasteiger partial charge in [0, 0.05) is 31.2 Å². The third-order valence-corrected chi connectivity index (χ3v) is 4.01. The molecule has 2 aromatic rings. The fraction of sp³-hybridized carbons (Fsp3) is 0.222. The van der Waals surface area contributed by atoms with Crippen molar-refractivity contribution in [1.29, 1.82) is 0 Å². The summed E-state index contributed by atoms with van der Waals surface area (Å²) in [4.78, 5) is 15.9. The highest BCUT2D eigenvalue weighted by Gasteiger charge is 2.03. The fourth-order valence-corrected chi connectivity index (χ4v) is 2.69. The van der Waals surface area contributed by atoms with E-state index in [1.54, 1.807) is 18.0 Å². The lowest BCUT2D eigenvalue weighted by atomic mass is 10.0. The van der Waals surface area contributed by atoms with Crippen molar-refractivity contribution in [2.24, 2.45) is 0 Å². The molecule has 21 heavy (non-hydrogen) atoms. The molecule has 0 radical (unpaired) electrons. The summed E-state index contributed by atoms with van der Waals surface area (Å²) in [5.41, 5.74) is 2.27. The van der Waals surface area contributed by atoms with E-state index in [1.807, 2.05) is 30.3 Å². The van der Waals surface area contributed by atoms with Gasteiger partial charge < -0.3 is 0 Å². The van der Waals surface area contributed by atoms with Crippen LogP contribution >= 0.6 is 11.8 Å². The predicted molar refractivity (Wildman–Crippen MR) is 87.0 cm³/mol. The maximum Gasteiger partial charge on any atom is 0.138 e. The van der Waals surface area contributed by atoms with Crippen molar-refractivity contribution in [1.82, 2.24) is 4.98 Å². The van der Waals surface area contributed by atoms with Crippen molar-refractivity contribution < 1.29 is 4.79 Å². The number of thioether (sulfide) groups is 1. The van der Waals surface area contributed by atoms with Crippen molar-refractivity contribution in [3.63, 3.8) is 0 Å². The Kier molecular flexibility index (Phi) is 6.05. The Morgan fingerprint density at radius 1 is 1.14 bits per heavy atom. The molecule has 2 nitrogen and oxygen atoms in total. The molecule has 1 aromatic heterocycles. The van der Waals surface area contributed by atoms with Gasteiger partial charge in [0.25, 0.3) is 0 Å². The summed E-state index contributed by atoms with van der Waals surface area (Å²) in [5, 5.41) is 1.02. The first kappa shape index (κ1) is 15.3. The first-order chi connectivity index (χ1) is 10.3. The second-order valence-electron chi connectivity index (χ2n) is 4.69. The standard InChI is InChI=1S/C18H17NOS/c1-2-3-6-17(20)13-15-8-10-16(11-9-15)14-21-18-7-4-5-12-19-18/h1,4-5,7-12H,3,6,13-14H2. The minimum Gasteiger partial charge on any atom is -0.299 e. The van der Waals surface area contributed by atoms with E-state index >= 15 is 0 Å². The molecule has 0 saturated heterocycles. The largest absolute Gasteiger partial charge is 0.299 e. The Hall–Kier alpha value is -2.05. The van der Waals surface area contributed by atoms with E-state index in [-0.39, 0.29) is 5.78 Å². The Bertz CT molecular complexity index is 614. The van der Waals surface area contributed by atoms with Crippen LogP contribution in [0.25, 0.3) is 0 Å². The number of Topliss-reactive ketones (excluding diaryl/α,β-unsaturated/α-hetero) is 1. The second-order valence-corrected chi connectivity index (χ2v) is 5.69. The molecule has 0 aliphatic heterocycles. The summed E-state index contributed by atoms with van der Waals surface area (Å²) in [6.45, 7) is 0. The number of benzene rings is 1. The molecule has 0 aliphatic carbocycles. The van der Waals surface area contributed by atoms with Crippen LogP contribution in [0.5, 0.6) is 0 Å². The summed E-state index contributed by atoms with van der Waals surface area (Å²) in [7, 11) is 0. The minimum atomic E-state index is 0.198. The summed E-state index contributed by atoms with van der Waals surface area (Å²) >= 11 is 1.70. The Balaban J connectivity index is 1.84. The van der Waals surface area contributed by atoms with Crippen LogP contribution in [-0.2, 0) is 17.0 Å². The summed E-state index contributed by atoms with van der Waals surface area (Å²) < 4.78 is 0. The molecule has 1 heterocycles. The molecule has 0 fully saturated rings. The summed E-state index contributed by atoms with van der Waals surface area (Å²) in [6.07, 6.45) is 8.42. The van der Waals surface area contributed by atoms with E-state index in [9.17, 15) is 4.79 Å². The molecule has 0 atom stereocenters.